The number of alkyl carbamates (subject to hydrolysis) is 1. The average Bonchev–Trinajstić information content (AvgIpc) is 1.87. The van der Waals surface area contributed by atoms with Crippen molar-refractivity contribution < 1.29 is 9.53 Å². The van der Waals surface area contributed by atoms with E-state index in [2.05, 4.69) is 10.1 Å². The molecule has 58 valence electrons. The van der Waals surface area contributed by atoms with Crippen LogP contribution in [0.2, 0.25) is 0 Å². The molecule has 0 aliphatic rings. The lowest BCUT2D eigenvalue weighted by Crippen LogP contribution is -2.36. The van der Waals surface area contributed by atoms with Crippen molar-refractivity contribution in [2.45, 2.75) is 19.9 Å². The molecule has 0 saturated carbocycles. The van der Waals surface area contributed by atoms with E-state index in [0.29, 0.717) is 0 Å². The lowest BCUT2D eigenvalue weighted by Gasteiger charge is -2.09. The zero-order valence-electron chi connectivity index (χ0n) is 6.30. The van der Waals surface area contributed by atoms with Crippen LogP contribution in [0.4, 0.5) is 4.79 Å². The van der Waals surface area contributed by atoms with Crippen LogP contribution >= 0.6 is 12.2 Å². The van der Waals surface area contributed by atoms with Crippen molar-refractivity contribution in [3.8, 4) is 0 Å². The summed E-state index contributed by atoms with van der Waals surface area (Å²) >= 11 is 4.81. The van der Waals surface area contributed by atoms with Gasteiger partial charge in [0.1, 0.15) is 0 Å². The lowest BCUT2D eigenvalue weighted by atomic mass is 10.3. The van der Waals surface area contributed by atoms with Crippen LogP contribution in [0, 0.1) is 0 Å². The molecule has 0 heterocycles. The minimum Gasteiger partial charge on any atom is -0.453 e. The zero-order valence-corrected chi connectivity index (χ0v) is 7.12. The Labute approximate surface area is 65.7 Å². The number of carbonyl (C=O) groups is 1. The summed E-state index contributed by atoms with van der Waals surface area (Å²) < 4.78 is 4.36. The Kier molecular flexibility index (Phi) is 3.95. The van der Waals surface area contributed by atoms with Crippen molar-refractivity contribution in [2.75, 3.05) is 7.11 Å². The molecule has 1 amide bonds. The highest BCUT2D eigenvalue weighted by Gasteiger charge is 2.06. The molecule has 0 aliphatic carbocycles. The predicted octanol–water partition coefficient (Wildman–Crippen LogP) is 1.12. The summed E-state index contributed by atoms with van der Waals surface area (Å²) in [5, 5.41) is 2.53. The second kappa shape index (κ2) is 4.22. The monoisotopic (exact) mass is 161 g/mol. The molecule has 0 aromatic rings. The second-order valence-corrected chi connectivity index (χ2v) is 2.61. The molecule has 10 heavy (non-hydrogen) atoms. The van der Waals surface area contributed by atoms with E-state index in [1.54, 1.807) is 13.8 Å². The maximum Gasteiger partial charge on any atom is 0.407 e. The van der Waals surface area contributed by atoms with Gasteiger partial charge in [0.2, 0.25) is 0 Å². The summed E-state index contributed by atoms with van der Waals surface area (Å²) in [7, 11) is 1.32. The summed E-state index contributed by atoms with van der Waals surface area (Å²) in [5.74, 6) is 0. The van der Waals surface area contributed by atoms with E-state index in [-0.39, 0.29) is 6.04 Å². The molecular formula is C6H11NO2S. The Balaban J connectivity index is 3.68. The van der Waals surface area contributed by atoms with Gasteiger partial charge in [0.25, 0.3) is 0 Å². The predicted molar refractivity (Wildman–Crippen MR) is 43.3 cm³/mol. The first-order valence-corrected chi connectivity index (χ1v) is 3.33. The van der Waals surface area contributed by atoms with Crippen LogP contribution in [0.5, 0.6) is 0 Å². The molecule has 0 rings (SSSR count). The van der Waals surface area contributed by atoms with Crippen molar-refractivity contribution in [1.82, 2.24) is 5.32 Å². The van der Waals surface area contributed by atoms with Gasteiger partial charge in [-0.25, -0.2) is 4.79 Å². The standard InChI is InChI=1S/C6H11NO2S/c1-4(5(2)10)7-6(8)9-3/h4H,1-3H3,(H,7,8)/t4-/m0/s1. The van der Waals surface area contributed by atoms with Gasteiger partial charge in [-0.15, -0.1) is 0 Å². The highest BCUT2D eigenvalue weighted by molar-refractivity contribution is 7.80. The third kappa shape index (κ3) is 3.40. The molecule has 0 aliphatic heterocycles. The minimum absolute atomic E-state index is 0.0950. The van der Waals surface area contributed by atoms with Crippen molar-refractivity contribution in [2.24, 2.45) is 0 Å². The molecule has 3 nitrogen and oxygen atoms in total. The lowest BCUT2D eigenvalue weighted by molar-refractivity contribution is 0.170. The number of rotatable bonds is 2. The van der Waals surface area contributed by atoms with Gasteiger partial charge in [0.05, 0.1) is 13.2 Å². The fourth-order valence-electron chi connectivity index (χ4n) is 0.337. The molecule has 0 saturated heterocycles. The third-order valence-corrected chi connectivity index (χ3v) is 1.48. The van der Waals surface area contributed by atoms with E-state index in [0.717, 1.165) is 4.86 Å². The van der Waals surface area contributed by atoms with Gasteiger partial charge in [-0.3, -0.25) is 0 Å². The first-order valence-electron chi connectivity index (χ1n) is 2.93. The first-order chi connectivity index (χ1) is 4.57. The first kappa shape index (κ1) is 9.36. The van der Waals surface area contributed by atoms with Crippen LogP contribution in [0.25, 0.3) is 0 Å². The fourth-order valence-corrected chi connectivity index (χ4v) is 0.396. The topological polar surface area (TPSA) is 38.3 Å². The Morgan fingerprint density at radius 1 is 1.70 bits per heavy atom. The number of thiocarbonyl (C=S) groups is 1. The minimum atomic E-state index is -0.448. The number of carbonyl (C=O) groups excluding carboxylic acids is 1. The molecule has 0 bridgehead atoms. The van der Waals surface area contributed by atoms with Gasteiger partial charge in [-0.05, 0) is 13.8 Å². The van der Waals surface area contributed by atoms with Crippen molar-refractivity contribution in [1.29, 1.82) is 0 Å². The summed E-state index contributed by atoms with van der Waals surface area (Å²) in [4.78, 5) is 11.3. The quantitative estimate of drug-likeness (QED) is 0.617. The van der Waals surface area contributed by atoms with Crippen LogP contribution in [0.3, 0.4) is 0 Å². The van der Waals surface area contributed by atoms with Crippen LogP contribution in [0.15, 0.2) is 0 Å². The Bertz CT molecular complexity index is 147. The molecule has 0 spiro atoms. The number of ether oxygens (including phenoxy) is 1. The highest BCUT2D eigenvalue weighted by Crippen LogP contribution is 1.87. The third-order valence-electron chi connectivity index (χ3n) is 1.13. The SMILES string of the molecule is COC(=O)N[C@@H](C)C(C)=S. The van der Waals surface area contributed by atoms with Crippen LogP contribution in [-0.2, 0) is 4.74 Å². The van der Waals surface area contributed by atoms with Gasteiger partial charge in [0, 0.05) is 4.86 Å². The Hall–Kier alpha value is -0.640. The van der Waals surface area contributed by atoms with Gasteiger partial charge in [0.15, 0.2) is 0 Å². The van der Waals surface area contributed by atoms with E-state index >= 15 is 0 Å². The molecular weight excluding hydrogens is 150 g/mol. The van der Waals surface area contributed by atoms with Crippen molar-refractivity contribution >= 4 is 23.2 Å². The van der Waals surface area contributed by atoms with Crippen molar-refractivity contribution in [3.05, 3.63) is 0 Å². The average molecular weight is 161 g/mol. The molecule has 1 N–H and O–H groups in total. The Morgan fingerprint density at radius 2 is 2.20 bits per heavy atom. The van der Waals surface area contributed by atoms with E-state index < -0.39 is 6.09 Å². The number of amides is 1. The molecule has 4 heteroatoms. The van der Waals surface area contributed by atoms with E-state index in [4.69, 9.17) is 12.2 Å². The smallest absolute Gasteiger partial charge is 0.407 e. The van der Waals surface area contributed by atoms with Gasteiger partial charge >= 0.3 is 6.09 Å². The molecule has 0 radical (unpaired) electrons. The zero-order chi connectivity index (χ0) is 8.15. The molecule has 1 atom stereocenters. The van der Waals surface area contributed by atoms with E-state index in [9.17, 15) is 4.79 Å². The summed E-state index contributed by atoms with van der Waals surface area (Å²) in [6.45, 7) is 3.58. The second-order valence-electron chi connectivity index (χ2n) is 1.97. The van der Waals surface area contributed by atoms with E-state index in [1.807, 2.05) is 0 Å². The number of hydrogen-bond acceptors (Lipinski definition) is 3. The maximum atomic E-state index is 10.5. The van der Waals surface area contributed by atoms with Gasteiger partial charge in [-0.2, -0.15) is 0 Å². The van der Waals surface area contributed by atoms with Crippen LogP contribution in [-0.4, -0.2) is 24.1 Å². The van der Waals surface area contributed by atoms with Gasteiger partial charge in [-0.1, -0.05) is 12.2 Å². The fraction of sp³-hybridized carbons (Fsp3) is 0.667. The molecule has 0 fully saturated rings. The maximum absolute atomic E-state index is 10.5. The van der Waals surface area contributed by atoms with Crippen LogP contribution < -0.4 is 5.32 Å². The molecule has 0 aromatic carbocycles. The largest absolute Gasteiger partial charge is 0.453 e. The van der Waals surface area contributed by atoms with E-state index in [1.165, 1.54) is 7.11 Å². The summed E-state index contributed by atoms with van der Waals surface area (Å²) in [5.41, 5.74) is 0. The summed E-state index contributed by atoms with van der Waals surface area (Å²) in [6, 6.07) is -0.0950. The Morgan fingerprint density at radius 3 is 2.50 bits per heavy atom. The van der Waals surface area contributed by atoms with Crippen LogP contribution in [0.1, 0.15) is 13.8 Å². The normalized spacial score (nSPS) is 11.9. The summed E-state index contributed by atoms with van der Waals surface area (Å²) in [6.07, 6.45) is -0.448. The van der Waals surface area contributed by atoms with Crippen molar-refractivity contribution in [3.63, 3.8) is 0 Å². The molecule has 0 aromatic heterocycles. The molecule has 0 unspecified atom stereocenters. The number of nitrogens with one attached hydrogen (secondary N) is 1. The number of methoxy groups -OCH3 is 1. The van der Waals surface area contributed by atoms with Gasteiger partial charge < -0.3 is 10.1 Å². The highest BCUT2D eigenvalue weighted by atomic mass is 32.1. The number of hydrogen-bond donors (Lipinski definition) is 1.